The zero-order valence-corrected chi connectivity index (χ0v) is 18.5. The number of nitrogens with one attached hydrogen (secondary N) is 1. The number of Topliss-reactive ketones (excluding diaryl/α,β-unsaturated/α-hetero) is 1. The van der Waals surface area contributed by atoms with Crippen LogP contribution in [0.1, 0.15) is 66.1 Å². The molecule has 0 saturated carbocycles. The fraction of sp³-hybridized carbons (Fsp3) is 0.320. The van der Waals surface area contributed by atoms with Gasteiger partial charge in [-0.05, 0) is 30.2 Å². The Balaban J connectivity index is 2.29. The Kier molecular flexibility index (Phi) is 6.59. The van der Waals surface area contributed by atoms with E-state index in [1.807, 2.05) is 44.2 Å². The minimum Gasteiger partial charge on any atom is -0.366 e. The lowest BCUT2D eigenvalue weighted by atomic mass is 9.96. The van der Waals surface area contributed by atoms with Crippen LogP contribution < -0.4 is 11.1 Å². The van der Waals surface area contributed by atoms with Crippen molar-refractivity contribution in [3.05, 3.63) is 64.8 Å². The van der Waals surface area contributed by atoms with E-state index in [1.54, 1.807) is 12.1 Å². The first kappa shape index (κ1) is 22.3. The second kappa shape index (κ2) is 9.16. The number of hydrogen-bond acceptors (Lipinski definition) is 3. The number of nitrogens with zero attached hydrogens (tertiary/aromatic N) is 1. The molecule has 0 aliphatic heterocycles. The number of carbonyl (C=O) groups is 3. The highest BCUT2D eigenvalue weighted by molar-refractivity contribution is 6.11. The average Bonchev–Trinajstić information content (AvgIpc) is 3.01. The van der Waals surface area contributed by atoms with Crippen LogP contribution in [0.5, 0.6) is 0 Å². The van der Waals surface area contributed by atoms with Crippen molar-refractivity contribution in [3.8, 4) is 0 Å². The lowest BCUT2D eigenvalue weighted by Crippen LogP contribution is -2.14. The fourth-order valence-electron chi connectivity index (χ4n) is 3.94. The number of benzene rings is 2. The Hall–Kier alpha value is -3.41. The normalized spacial score (nSPS) is 11.1. The van der Waals surface area contributed by atoms with Crippen LogP contribution in [-0.4, -0.2) is 22.2 Å². The summed E-state index contributed by atoms with van der Waals surface area (Å²) in [5.41, 5.74) is 10.0. The highest BCUT2D eigenvalue weighted by Crippen LogP contribution is 2.32. The maximum absolute atomic E-state index is 13.2. The lowest BCUT2D eigenvalue weighted by molar-refractivity contribution is -0.114. The number of para-hydroxylation sites is 1. The Bertz CT molecular complexity index is 1160. The van der Waals surface area contributed by atoms with Crippen LogP contribution >= 0.6 is 0 Å². The van der Waals surface area contributed by atoms with Gasteiger partial charge in [-0.3, -0.25) is 14.4 Å². The number of carbonyl (C=O) groups excluding carboxylic acids is 3. The summed E-state index contributed by atoms with van der Waals surface area (Å²) in [5, 5.41) is 3.70. The smallest absolute Gasteiger partial charge is 0.248 e. The highest BCUT2D eigenvalue weighted by atomic mass is 16.1. The van der Waals surface area contributed by atoms with E-state index in [0.717, 1.165) is 40.7 Å². The fourth-order valence-corrected chi connectivity index (χ4v) is 3.94. The molecule has 31 heavy (non-hydrogen) atoms. The van der Waals surface area contributed by atoms with Crippen LogP contribution in [0.2, 0.25) is 0 Å². The number of nitrogens with two attached hydrogens (primary N) is 1. The maximum atomic E-state index is 13.2. The van der Waals surface area contributed by atoms with Crippen LogP contribution in [0.3, 0.4) is 0 Å². The van der Waals surface area contributed by atoms with Crippen molar-refractivity contribution in [3.63, 3.8) is 0 Å². The second-order valence-corrected chi connectivity index (χ2v) is 8.11. The Labute approximate surface area is 182 Å². The van der Waals surface area contributed by atoms with Crippen LogP contribution in [0, 0.1) is 5.92 Å². The van der Waals surface area contributed by atoms with E-state index in [9.17, 15) is 14.4 Å². The van der Waals surface area contributed by atoms with Crippen LogP contribution in [0.4, 0.5) is 5.69 Å². The molecule has 0 fully saturated rings. The van der Waals surface area contributed by atoms with Gasteiger partial charge in [0, 0.05) is 47.3 Å². The third kappa shape index (κ3) is 4.53. The summed E-state index contributed by atoms with van der Waals surface area (Å²) in [7, 11) is 0. The van der Waals surface area contributed by atoms with Gasteiger partial charge in [-0.25, -0.2) is 0 Å². The molecule has 2 amide bonds. The summed E-state index contributed by atoms with van der Waals surface area (Å²) in [6.45, 7) is 7.79. The molecule has 3 rings (SSSR count). The molecule has 0 radical (unpaired) electrons. The minimum atomic E-state index is -0.512. The van der Waals surface area contributed by atoms with E-state index >= 15 is 0 Å². The number of hydrogen-bond donors (Lipinski definition) is 2. The Morgan fingerprint density at radius 2 is 1.81 bits per heavy atom. The molecule has 0 unspecified atom stereocenters. The number of primary amides is 1. The van der Waals surface area contributed by atoms with Gasteiger partial charge in [0.1, 0.15) is 0 Å². The monoisotopic (exact) mass is 419 g/mol. The molecule has 2 aromatic carbocycles. The summed E-state index contributed by atoms with van der Waals surface area (Å²) in [6.07, 6.45) is 1.58. The first-order valence-electron chi connectivity index (χ1n) is 10.6. The molecule has 3 aromatic rings. The molecule has 6 nitrogen and oxygen atoms in total. The number of ketones is 1. The molecular formula is C25H29N3O3. The van der Waals surface area contributed by atoms with Crippen molar-refractivity contribution in [1.29, 1.82) is 0 Å². The Morgan fingerprint density at radius 3 is 2.42 bits per heavy atom. The first-order chi connectivity index (χ1) is 14.7. The third-order valence-corrected chi connectivity index (χ3v) is 5.37. The standard InChI is InChI=1S/C25H29N3O3/c1-5-8-21-23(24(30)15(2)3)19-12-11-17(25(26)31)13-22(19)28(21)14-18-9-6-7-10-20(18)27-16(4)29/h6-7,9-13,15H,5,8,14H2,1-4H3,(H2,26,31)(H,27,29). The first-order valence-corrected chi connectivity index (χ1v) is 10.6. The highest BCUT2D eigenvalue weighted by Gasteiger charge is 2.25. The summed E-state index contributed by atoms with van der Waals surface area (Å²) in [5.74, 6) is -0.737. The number of aromatic nitrogens is 1. The summed E-state index contributed by atoms with van der Waals surface area (Å²) >= 11 is 0. The molecular weight excluding hydrogens is 390 g/mol. The predicted octanol–water partition coefficient (Wildman–Crippen LogP) is 4.54. The largest absolute Gasteiger partial charge is 0.366 e. The number of rotatable bonds is 8. The molecule has 162 valence electrons. The zero-order chi connectivity index (χ0) is 22.7. The summed E-state index contributed by atoms with van der Waals surface area (Å²) in [6, 6.07) is 12.9. The van der Waals surface area contributed by atoms with E-state index in [-0.39, 0.29) is 17.6 Å². The molecule has 6 heteroatoms. The van der Waals surface area contributed by atoms with E-state index in [1.165, 1.54) is 6.92 Å². The topological polar surface area (TPSA) is 94.2 Å². The van der Waals surface area contributed by atoms with Gasteiger partial charge >= 0.3 is 0 Å². The van der Waals surface area contributed by atoms with Crippen molar-refractivity contribution in [2.24, 2.45) is 11.7 Å². The van der Waals surface area contributed by atoms with Gasteiger partial charge in [0.15, 0.2) is 5.78 Å². The quantitative estimate of drug-likeness (QED) is 0.525. The van der Waals surface area contributed by atoms with E-state index in [4.69, 9.17) is 5.73 Å². The minimum absolute atomic E-state index is 0.0779. The molecule has 0 atom stereocenters. The van der Waals surface area contributed by atoms with Crippen LogP contribution in [0.25, 0.3) is 10.9 Å². The van der Waals surface area contributed by atoms with Crippen molar-refractivity contribution in [1.82, 2.24) is 4.57 Å². The van der Waals surface area contributed by atoms with Gasteiger partial charge in [0.2, 0.25) is 11.8 Å². The molecule has 0 saturated heterocycles. The SMILES string of the molecule is CCCc1c(C(=O)C(C)C)c2ccc(C(N)=O)cc2n1Cc1ccccc1NC(C)=O. The molecule has 0 aliphatic rings. The molecule has 1 aromatic heterocycles. The molecule has 0 spiro atoms. The van der Waals surface area contributed by atoms with Crippen molar-refractivity contribution < 1.29 is 14.4 Å². The maximum Gasteiger partial charge on any atom is 0.248 e. The second-order valence-electron chi connectivity index (χ2n) is 8.11. The van der Waals surface area contributed by atoms with Crippen LogP contribution in [0.15, 0.2) is 42.5 Å². The van der Waals surface area contributed by atoms with Gasteiger partial charge in [-0.1, -0.05) is 51.5 Å². The van der Waals surface area contributed by atoms with Gasteiger partial charge in [0.05, 0.1) is 5.52 Å². The predicted molar refractivity (Wildman–Crippen MR) is 123 cm³/mol. The van der Waals surface area contributed by atoms with Crippen molar-refractivity contribution in [2.75, 3.05) is 5.32 Å². The molecule has 0 bridgehead atoms. The van der Waals surface area contributed by atoms with Gasteiger partial charge in [-0.15, -0.1) is 0 Å². The van der Waals surface area contributed by atoms with E-state index < -0.39 is 5.91 Å². The van der Waals surface area contributed by atoms with E-state index in [2.05, 4.69) is 16.8 Å². The number of amides is 2. The zero-order valence-electron chi connectivity index (χ0n) is 18.5. The van der Waals surface area contributed by atoms with E-state index in [0.29, 0.717) is 17.7 Å². The molecule has 0 aliphatic carbocycles. The van der Waals surface area contributed by atoms with Crippen molar-refractivity contribution >= 4 is 34.2 Å². The van der Waals surface area contributed by atoms with Gasteiger partial charge in [0.25, 0.3) is 0 Å². The van der Waals surface area contributed by atoms with Gasteiger partial charge < -0.3 is 15.6 Å². The molecule has 1 heterocycles. The third-order valence-electron chi connectivity index (χ3n) is 5.37. The number of anilines is 1. The molecule has 3 N–H and O–H groups in total. The van der Waals surface area contributed by atoms with Crippen molar-refractivity contribution in [2.45, 2.75) is 47.1 Å². The average molecular weight is 420 g/mol. The Morgan fingerprint density at radius 1 is 1.10 bits per heavy atom. The number of fused-ring (bicyclic) bond motifs is 1. The summed E-state index contributed by atoms with van der Waals surface area (Å²) in [4.78, 5) is 36.7. The van der Waals surface area contributed by atoms with Gasteiger partial charge in [-0.2, -0.15) is 0 Å². The summed E-state index contributed by atoms with van der Waals surface area (Å²) < 4.78 is 2.08. The lowest BCUT2D eigenvalue weighted by Gasteiger charge is -2.15. The van der Waals surface area contributed by atoms with Crippen LogP contribution in [-0.2, 0) is 17.8 Å².